The number of hydrogen-bond acceptors (Lipinski definition) is 5. The van der Waals surface area contributed by atoms with Gasteiger partial charge in [0.1, 0.15) is 11.4 Å². The summed E-state index contributed by atoms with van der Waals surface area (Å²) < 4.78 is 10.7. The van der Waals surface area contributed by atoms with Crippen LogP contribution in [-0.4, -0.2) is 60.7 Å². The van der Waals surface area contributed by atoms with Gasteiger partial charge >= 0.3 is 6.09 Å². The monoisotopic (exact) mass is 417 g/mol. The van der Waals surface area contributed by atoms with Gasteiger partial charge in [-0.1, -0.05) is 12.1 Å². The highest BCUT2D eigenvalue weighted by molar-refractivity contribution is 5.98. The Hall–Kier alpha value is -2.77. The van der Waals surface area contributed by atoms with E-state index in [1.165, 1.54) is 0 Å². The maximum atomic E-state index is 13.0. The largest absolute Gasteiger partial charge is 0.482 e. The van der Waals surface area contributed by atoms with Gasteiger partial charge in [0.05, 0.1) is 5.69 Å². The molecule has 2 aliphatic rings. The van der Waals surface area contributed by atoms with E-state index in [9.17, 15) is 14.4 Å². The third-order valence-corrected chi connectivity index (χ3v) is 5.19. The summed E-state index contributed by atoms with van der Waals surface area (Å²) in [6, 6.07) is 7.28. The van der Waals surface area contributed by atoms with E-state index in [0.717, 1.165) is 19.3 Å². The number of anilines is 1. The minimum atomic E-state index is -0.562. The number of fused-ring (bicyclic) bond motifs is 1. The lowest BCUT2D eigenvalue weighted by Gasteiger charge is -2.37. The predicted molar refractivity (Wildman–Crippen MR) is 112 cm³/mol. The van der Waals surface area contributed by atoms with Crippen molar-refractivity contribution in [2.75, 3.05) is 31.1 Å². The number of hydrogen-bond donors (Lipinski definition) is 1. The van der Waals surface area contributed by atoms with Crippen LogP contribution in [-0.2, 0) is 14.3 Å². The maximum Gasteiger partial charge on any atom is 0.407 e. The first-order valence-electron chi connectivity index (χ1n) is 10.5. The normalized spacial score (nSPS) is 19.0. The van der Waals surface area contributed by atoms with Gasteiger partial charge in [-0.25, -0.2) is 4.79 Å². The first-order chi connectivity index (χ1) is 14.2. The molecule has 1 unspecified atom stereocenters. The average molecular weight is 418 g/mol. The van der Waals surface area contributed by atoms with Crippen LogP contribution in [0, 0.1) is 0 Å². The average Bonchev–Trinajstić information content (AvgIpc) is 2.70. The molecule has 2 aliphatic heterocycles. The van der Waals surface area contributed by atoms with Crippen molar-refractivity contribution in [1.29, 1.82) is 0 Å². The molecule has 0 bridgehead atoms. The molecular formula is C22H31N3O5. The molecule has 1 saturated heterocycles. The van der Waals surface area contributed by atoms with Gasteiger partial charge in [0.15, 0.2) is 6.61 Å². The fraction of sp³-hybridized carbons (Fsp3) is 0.591. The molecule has 3 amide bonds. The smallest absolute Gasteiger partial charge is 0.407 e. The van der Waals surface area contributed by atoms with Crippen molar-refractivity contribution < 1.29 is 23.9 Å². The molecule has 8 nitrogen and oxygen atoms in total. The number of carbonyl (C=O) groups excluding carboxylic acids is 3. The first-order valence-corrected chi connectivity index (χ1v) is 10.5. The third kappa shape index (κ3) is 5.64. The van der Waals surface area contributed by atoms with Crippen LogP contribution >= 0.6 is 0 Å². The number of piperidine rings is 1. The number of carbonyl (C=O) groups is 3. The maximum absolute atomic E-state index is 13.0. The molecule has 164 valence electrons. The van der Waals surface area contributed by atoms with Crippen molar-refractivity contribution in [1.82, 2.24) is 10.2 Å². The molecular weight excluding hydrogens is 386 g/mol. The first kappa shape index (κ1) is 21.9. The number of para-hydroxylation sites is 2. The van der Waals surface area contributed by atoms with Crippen molar-refractivity contribution in [3.05, 3.63) is 24.3 Å². The lowest BCUT2D eigenvalue weighted by Crippen LogP contribution is -2.50. The summed E-state index contributed by atoms with van der Waals surface area (Å²) in [5, 5.41) is 2.78. The Labute approximate surface area is 177 Å². The van der Waals surface area contributed by atoms with E-state index < -0.39 is 11.7 Å². The number of nitrogens with one attached hydrogen (secondary N) is 1. The molecule has 0 aliphatic carbocycles. The molecule has 8 heteroatoms. The summed E-state index contributed by atoms with van der Waals surface area (Å²) in [5.74, 6) is 0.493. The van der Waals surface area contributed by atoms with E-state index in [1.807, 2.05) is 49.9 Å². The second-order valence-corrected chi connectivity index (χ2v) is 8.67. The summed E-state index contributed by atoms with van der Waals surface area (Å²) in [4.78, 5) is 40.7. The molecule has 30 heavy (non-hydrogen) atoms. The van der Waals surface area contributed by atoms with Crippen LogP contribution in [0.1, 0.15) is 46.5 Å². The second kappa shape index (κ2) is 9.36. The zero-order valence-electron chi connectivity index (χ0n) is 18.0. The minimum Gasteiger partial charge on any atom is -0.482 e. The summed E-state index contributed by atoms with van der Waals surface area (Å²) >= 11 is 0. The molecule has 1 fully saturated rings. The number of benzene rings is 1. The van der Waals surface area contributed by atoms with Crippen LogP contribution in [0.5, 0.6) is 5.75 Å². The van der Waals surface area contributed by atoms with E-state index in [2.05, 4.69) is 5.32 Å². The van der Waals surface area contributed by atoms with Crippen molar-refractivity contribution in [2.45, 2.75) is 58.1 Å². The zero-order chi connectivity index (χ0) is 21.7. The number of likely N-dealkylation sites (tertiary alicyclic amines) is 1. The van der Waals surface area contributed by atoms with E-state index in [-0.39, 0.29) is 30.9 Å². The highest BCUT2D eigenvalue weighted by atomic mass is 16.6. The van der Waals surface area contributed by atoms with Crippen molar-refractivity contribution >= 4 is 23.6 Å². The summed E-state index contributed by atoms with van der Waals surface area (Å²) in [6.07, 6.45) is 2.54. The quantitative estimate of drug-likeness (QED) is 0.796. The van der Waals surface area contributed by atoms with Crippen LogP contribution < -0.4 is 15.0 Å². The number of rotatable bonds is 5. The van der Waals surface area contributed by atoms with Crippen molar-refractivity contribution in [3.63, 3.8) is 0 Å². The Bertz CT molecular complexity index is 789. The van der Waals surface area contributed by atoms with E-state index in [1.54, 1.807) is 4.90 Å². The molecule has 1 aromatic carbocycles. The fourth-order valence-corrected chi connectivity index (χ4v) is 3.81. The summed E-state index contributed by atoms with van der Waals surface area (Å²) in [6.45, 7) is 6.75. The lowest BCUT2D eigenvalue weighted by molar-refractivity contribution is -0.134. The van der Waals surface area contributed by atoms with Gasteiger partial charge in [0.25, 0.3) is 5.91 Å². The lowest BCUT2D eigenvalue weighted by atomic mass is 10.0. The van der Waals surface area contributed by atoms with E-state index in [4.69, 9.17) is 9.47 Å². The number of nitrogens with zero attached hydrogens (tertiary/aromatic N) is 2. The van der Waals surface area contributed by atoms with Gasteiger partial charge in [0.2, 0.25) is 5.91 Å². The number of alkyl carbamates (subject to hydrolysis) is 1. The molecule has 0 aromatic heterocycles. The molecule has 1 N–H and O–H groups in total. The fourth-order valence-electron chi connectivity index (χ4n) is 3.81. The Morgan fingerprint density at radius 2 is 2.00 bits per heavy atom. The van der Waals surface area contributed by atoms with Gasteiger partial charge < -0.3 is 24.6 Å². The molecule has 0 saturated carbocycles. The van der Waals surface area contributed by atoms with Crippen LogP contribution in [0.25, 0.3) is 0 Å². The van der Waals surface area contributed by atoms with Gasteiger partial charge in [-0.05, 0) is 52.2 Å². The van der Waals surface area contributed by atoms with Gasteiger partial charge in [-0.2, -0.15) is 0 Å². The Kier molecular flexibility index (Phi) is 6.84. The topological polar surface area (TPSA) is 88.2 Å². The highest BCUT2D eigenvalue weighted by Crippen LogP contribution is 2.31. The minimum absolute atomic E-state index is 0.0116. The number of amides is 3. The number of ether oxygens (including phenoxy) is 2. The van der Waals surface area contributed by atoms with Crippen molar-refractivity contribution in [3.8, 4) is 5.75 Å². The van der Waals surface area contributed by atoms with Crippen molar-refractivity contribution in [2.24, 2.45) is 0 Å². The van der Waals surface area contributed by atoms with Gasteiger partial charge in [-0.3, -0.25) is 9.59 Å². The van der Waals surface area contributed by atoms with Crippen LogP contribution in [0.3, 0.4) is 0 Å². The predicted octanol–water partition coefficient (Wildman–Crippen LogP) is 2.71. The van der Waals surface area contributed by atoms with Gasteiger partial charge in [0, 0.05) is 32.1 Å². The molecule has 3 rings (SSSR count). The van der Waals surface area contributed by atoms with Crippen LogP contribution in [0.15, 0.2) is 24.3 Å². The molecule has 1 aromatic rings. The summed E-state index contributed by atoms with van der Waals surface area (Å²) in [5.41, 5.74) is 0.135. The van der Waals surface area contributed by atoms with Crippen LogP contribution in [0.4, 0.5) is 10.5 Å². The van der Waals surface area contributed by atoms with E-state index in [0.29, 0.717) is 31.1 Å². The molecule has 2 heterocycles. The van der Waals surface area contributed by atoms with Gasteiger partial charge in [-0.15, -0.1) is 0 Å². The molecule has 1 atom stereocenters. The molecule has 0 radical (unpaired) electrons. The Morgan fingerprint density at radius 1 is 1.23 bits per heavy atom. The Balaban J connectivity index is 1.57. The van der Waals surface area contributed by atoms with E-state index >= 15 is 0 Å². The third-order valence-electron chi connectivity index (χ3n) is 5.19. The SMILES string of the molecule is CC(C)(C)OC(=O)NCC1CCCCN1C(=O)CCN1C(=O)COc2ccccc21. The Morgan fingerprint density at radius 3 is 2.77 bits per heavy atom. The standard InChI is InChI=1S/C22H31N3O5/c1-22(2,3)30-21(28)23-14-16-8-6-7-12-24(16)19(26)11-13-25-17-9-4-5-10-18(17)29-15-20(25)27/h4-5,9-10,16H,6-8,11-15H2,1-3H3,(H,23,28). The zero-order valence-corrected chi connectivity index (χ0v) is 18.0. The highest BCUT2D eigenvalue weighted by Gasteiger charge is 2.30. The molecule has 0 spiro atoms. The van der Waals surface area contributed by atoms with Crippen LogP contribution in [0.2, 0.25) is 0 Å². The second-order valence-electron chi connectivity index (χ2n) is 8.67. The summed E-state index contributed by atoms with van der Waals surface area (Å²) in [7, 11) is 0.